The molecule has 0 unspecified atom stereocenters. The Kier molecular flexibility index (Phi) is 6.90. The molecule has 0 bridgehead atoms. The summed E-state index contributed by atoms with van der Waals surface area (Å²) in [5.74, 6) is -1.97. The van der Waals surface area contributed by atoms with Crippen LogP contribution in [0.5, 0.6) is 0 Å². The Balaban J connectivity index is 2.13. The molecular weight excluding hydrogens is 446 g/mol. The van der Waals surface area contributed by atoms with E-state index in [1.807, 2.05) is 0 Å². The Bertz CT molecular complexity index is 1380. The molecule has 3 N–H and O–H groups in total. The first-order chi connectivity index (χ1) is 16.2. The molecule has 0 aliphatic heterocycles. The van der Waals surface area contributed by atoms with Crippen molar-refractivity contribution in [3.63, 3.8) is 0 Å². The Morgan fingerprint density at radius 2 is 1.79 bits per heavy atom. The Morgan fingerprint density at radius 1 is 1.15 bits per heavy atom. The number of benzene rings is 2. The van der Waals surface area contributed by atoms with Crippen molar-refractivity contribution in [1.29, 1.82) is 0 Å². The van der Waals surface area contributed by atoms with E-state index in [1.54, 1.807) is 37.3 Å². The number of nitrogen functional groups attached to an aromatic ring is 1. The van der Waals surface area contributed by atoms with Gasteiger partial charge in [-0.3, -0.25) is 29.3 Å². The van der Waals surface area contributed by atoms with Crippen molar-refractivity contribution in [2.24, 2.45) is 0 Å². The van der Waals surface area contributed by atoms with Crippen LogP contribution in [0.4, 0.5) is 17.2 Å². The molecule has 0 spiro atoms. The van der Waals surface area contributed by atoms with Gasteiger partial charge in [-0.15, -0.1) is 0 Å². The van der Waals surface area contributed by atoms with E-state index < -0.39 is 33.7 Å². The van der Waals surface area contributed by atoms with E-state index in [0.29, 0.717) is 0 Å². The summed E-state index contributed by atoms with van der Waals surface area (Å²) in [6.45, 7) is 1.53. The summed E-state index contributed by atoms with van der Waals surface area (Å²) in [4.78, 5) is 64.1. The lowest BCUT2D eigenvalue weighted by Crippen LogP contribution is -2.41. The van der Waals surface area contributed by atoms with Crippen LogP contribution in [0.3, 0.4) is 0 Å². The molecule has 12 nitrogen and oxygen atoms in total. The standard InChI is InChI=1S/C22H21N5O7/c1-3-25(20(29)14-9-15(21(30)34-2)11-16(10-14)27(32)33)17-18(23)26(22(31)24-19(17)28)12-13-7-5-4-6-8-13/h4-11H,3,12,23H2,1-2H3,(H,24,28,31). The van der Waals surface area contributed by atoms with E-state index in [4.69, 9.17) is 5.73 Å². The first-order valence-electron chi connectivity index (χ1n) is 10.0. The number of hydrogen-bond acceptors (Lipinski definition) is 8. The summed E-state index contributed by atoms with van der Waals surface area (Å²) in [6.07, 6.45) is 0. The van der Waals surface area contributed by atoms with E-state index in [2.05, 4.69) is 9.72 Å². The fourth-order valence-electron chi connectivity index (χ4n) is 3.40. The van der Waals surface area contributed by atoms with Crippen LogP contribution in [-0.4, -0.2) is 40.0 Å². The number of nitro benzene ring substituents is 1. The molecule has 12 heteroatoms. The van der Waals surface area contributed by atoms with Gasteiger partial charge in [-0.05, 0) is 18.6 Å². The molecule has 1 aromatic heterocycles. The van der Waals surface area contributed by atoms with Crippen molar-refractivity contribution < 1.29 is 19.2 Å². The number of hydrogen-bond donors (Lipinski definition) is 2. The number of esters is 1. The van der Waals surface area contributed by atoms with E-state index >= 15 is 0 Å². The Morgan fingerprint density at radius 3 is 2.38 bits per heavy atom. The van der Waals surface area contributed by atoms with Crippen molar-refractivity contribution in [1.82, 2.24) is 9.55 Å². The minimum atomic E-state index is -0.902. The molecule has 1 heterocycles. The zero-order valence-corrected chi connectivity index (χ0v) is 18.3. The van der Waals surface area contributed by atoms with Crippen molar-refractivity contribution in [2.75, 3.05) is 24.3 Å². The number of aromatic nitrogens is 2. The highest BCUT2D eigenvalue weighted by molar-refractivity contribution is 6.08. The maximum Gasteiger partial charge on any atom is 0.338 e. The number of nitro groups is 1. The average Bonchev–Trinajstić information content (AvgIpc) is 2.83. The first kappa shape index (κ1) is 23.9. The van der Waals surface area contributed by atoms with E-state index in [-0.39, 0.29) is 35.7 Å². The van der Waals surface area contributed by atoms with Crippen LogP contribution in [0, 0.1) is 10.1 Å². The summed E-state index contributed by atoms with van der Waals surface area (Å²) in [6, 6.07) is 11.9. The van der Waals surface area contributed by atoms with E-state index in [0.717, 1.165) is 40.3 Å². The molecule has 0 saturated carbocycles. The van der Waals surface area contributed by atoms with Gasteiger partial charge in [-0.2, -0.15) is 0 Å². The predicted molar refractivity (Wildman–Crippen MR) is 123 cm³/mol. The lowest BCUT2D eigenvalue weighted by molar-refractivity contribution is -0.384. The van der Waals surface area contributed by atoms with Crippen molar-refractivity contribution in [3.8, 4) is 0 Å². The lowest BCUT2D eigenvalue weighted by Gasteiger charge is -2.23. The maximum atomic E-state index is 13.3. The number of non-ortho nitro benzene ring substituents is 1. The molecule has 176 valence electrons. The minimum Gasteiger partial charge on any atom is -0.465 e. The number of rotatable bonds is 7. The second kappa shape index (κ2) is 9.81. The van der Waals surface area contributed by atoms with Crippen LogP contribution in [0.1, 0.15) is 33.2 Å². The number of methoxy groups -OCH3 is 1. The van der Waals surface area contributed by atoms with Crippen LogP contribution >= 0.6 is 0 Å². The fourth-order valence-corrected chi connectivity index (χ4v) is 3.40. The van der Waals surface area contributed by atoms with Gasteiger partial charge in [0.2, 0.25) is 0 Å². The molecule has 34 heavy (non-hydrogen) atoms. The van der Waals surface area contributed by atoms with Crippen molar-refractivity contribution in [2.45, 2.75) is 13.5 Å². The third-order valence-corrected chi connectivity index (χ3v) is 5.03. The van der Waals surface area contributed by atoms with Gasteiger partial charge in [0.15, 0.2) is 5.69 Å². The fraction of sp³-hybridized carbons (Fsp3) is 0.182. The molecule has 0 fully saturated rings. The van der Waals surface area contributed by atoms with Gasteiger partial charge in [0.05, 0.1) is 24.1 Å². The van der Waals surface area contributed by atoms with Crippen molar-refractivity contribution in [3.05, 3.63) is 96.2 Å². The van der Waals surface area contributed by atoms with Crippen LogP contribution in [0.25, 0.3) is 0 Å². The van der Waals surface area contributed by atoms with Gasteiger partial charge in [0.25, 0.3) is 17.2 Å². The highest BCUT2D eigenvalue weighted by Gasteiger charge is 2.27. The SMILES string of the molecule is CCN(C(=O)c1cc(C(=O)OC)cc([N+](=O)[O-])c1)c1c(N)n(Cc2ccccc2)c(=O)[nH]c1=O. The topological polar surface area (TPSA) is 171 Å². The van der Waals surface area contributed by atoms with Crippen LogP contribution < -0.4 is 21.9 Å². The number of aromatic amines is 1. The minimum absolute atomic E-state index is 0.0321. The number of amides is 1. The summed E-state index contributed by atoms with van der Waals surface area (Å²) >= 11 is 0. The van der Waals surface area contributed by atoms with E-state index in [9.17, 15) is 29.3 Å². The van der Waals surface area contributed by atoms with Crippen molar-refractivity contribution >= 4 is 29.1 Å². The normalized spacial score (nSPS) is 10.5. The number of nitrogens with zero attached hydrogens (tertiary/aromatic N) is 3. The molecule has 0 radical (unpaired) electrons. The maximum absolute atomic E-state index is 13.3. The highest BCUT2D eigenvalue weighted by atomic mass is 16.6. The molecule has 0 aliphatic rings. The number of nitrogens with one attached hydrogen (secondary N) is 1. The second-order valence-corrected chi connectivity index (χ2v) is 7.13. The van der Waals surface area contributed by atoms with Gasteiger partial charge < -0.3 is 15.4 Å². The van der Waals surface area contributed by atoms with Crippen LogP contribution in [-0.2, 0) is 11.3 Å². The summed E-state index contributed by atoms with van der Waals surface area (Å²) in [5.41, 5.74) is 3.96. The largest absolute Gasteiger partial charge is 0.465 e. The van der Waals surface area contributed by atoms with E-state index in [1.165, 1.54) is 0 Å². The van der Waals surface area contributed by atoms with Gasteiger partial charge >= 0.3 is 11.7 Å². The molecule has 0 aliphatic carbocycles. The van der Waals surface area contributed by atoms with Gasteiger partial charge in [0.1, 0.15) is 5.82 Å². The summed E-state index contributed by atoms with van der Waals surface area (Å²) in [7, 11) is 1.09. The molecule has 1 amide bonds. The molecule has 2 aromatic carbocycles. The molecule has 0 atom stereocenters. The quantitative estimate of drug-likeness (QED) is 0.299. The smallest absolute Gasteiger partial charge is 0.338 e. The lowest BCUT2D eigenvalue weighted by atomic mass is 10.1. The number of carbonyl (C=O) groups is 2. The molecule has 0 saturated heterocycles. The first-order valence-corrected chi connectivity index (χ1v) is 10.0. The number of nitrogens with two attached hydrogens (primary N) is 1. The van der Waals surface area contributed by atoms with Crippen LogP contribution in [0.15, 0.2) is 58.1 Å². The third kappa shape index (κ3) is 4.70. The number of H-pyrrole nitrogens is 1. The number of carbonyl (C=O) groups excluding carboxylic acids is 2. The zero-order valence-electron chi connectivity index (χ0n) is 18.3. The Hall–Kier alpha value is -4.74. The predicted octanol–water partition coefficient (Wildman–Crippen LogP) is 1.53. The number of ether oxygens (including phenoxy) is 1. The zero-order chi connectivity index (χ0) is 25.0. The monoisotopic (exact) mass is 467 g/mol. The van der Waals surface area contributed by atoms with Gasteiger partial charge in [-0.1, -0.05) is 30.3 Å². The molecule has 3 aromatic rings. The van der Waals surface area contributed by atoms with Gasteiger partial charge in [-0.25, -0.2) is 9.59 Å². The highest BCUT2D eigenvalue weighted by Crippen LogP contribution is 2.23. The second-order valence-electron chi connectivity index (χ2n) is 7.13. The number of anilines is 2. The third-order valence-electron chi connectivity index (χ3n) is 5.03. The van der Waals surface area contributed by atoms with Gasteiger partial charge in [0, 0.05) is 24.2 Å². The Labute approximate surface area is 192 Å². The average molecular weight is 467 g/mol. The molecular formula is C22H21N5O7. The summed E-state index contributed by atoms with van der Waals surface area (Å²) in [5, 5.41) is 11.3. The molecule has 3 rings (SSSR count). The van der Waals surface area contributed by atoms with Crippen LogP contribution in [0.2, 0.25) is 0 Å². The summed E-state index contributed by atoms with van der Waals surface area (Å²) < 4.78 is 5.71.